The van der Waals surface area contributed by atoms with Crippen LogP contribution in [0.25, 0.3) is 0 Å². The van der Waals surface area contributed by atoms with Crippen LogP contribution in [0.2, 0.25) is 0 Å². The number of nitrogens with zero attached hydrogens (tertiary/aromatic N) is 1. The fourth-order valence-electron chi connectivity index (χ4n) is 1.39. The highest BCUT2D eigenvalue weighted by atomic mass is 32.1. The molecule has 4 N–H and O–H groups in total. The molecule has 1 heterocycles. The average Bonchev–Trinajstić information content (AvgIpc) is 2.80. The third-order valence-corrected chi connectivity index (χ3v) is 3.52. The molecule has 0 saturated heterocycles. The Kier molecular flexibility index (Phi) is 4.97. The first-order valence-electron chi connectivity index (χ1n) is 5.17. The lowest BCUT2D eigenvalue weighted by Crippen LogP contribution is -2.43. The highest BCUT2D eigenvalue weighted by Gasteiger charge is 2.42. The minimum Gasteiger partial charge on any atom is -0.409 e. The Morgan fingerprint density at radius 3 is 2.72 bits per heavy atom. The number of hydrogen-bond acceptors (Lipinski definition) is 4. The van der Waals surface area contributed by atoms with Gasteiger partial charge in [0.05, 0.1) is 0 Å². The summed E-state index contributed by atoms with van der Waals surface area (Å²) in [5, 5.41) is 15.4. The standard InChI is InChI=1S/C10H14F3N3OS/c1-6(8-3-2-4-18-8)15-5-7(9(14)16-17)10(11,12)13/h2-4,6-7,15,17H,5H2,1H3,(H2,14,16)/t6-,7?/m1/s1. The molecule has 4 nitrogen and oxygen atoms in total. The molecule has 0 aliphatic heterocycles. The van der Waals surface area contributed by atoms with Crippen LogP contribution in [0.3, 0.4) is 0 Å². The first-order valence-corrected chi connectivity index (χ1v) is 6.05. The Bertz CT molecular complexity index is 392. The topological polar surface area (TPSA) is 70.6 Å². The van der Waals surface area contributed by atoms with E-state index in [1.807, 2.05) is 17.5 Å². The van der Waals surface area contributed by atoms with Gasteiger partial charge in [0, 0.05) is 17.5 Å². The second-order valence-electron chi connectivity index (χ2n) is 3.76. The van der Waals surface area contributed by atoms with E-state index in [4.69, 9.17) is 10.9 Å². The molecule has 1 rings (SSSR count). The predicted molar refractivity (Wildman–Crippen MR) is 63.7 cm³/mol. The van der Waals surface area contributed by atoms with Crippen LogP contribution >= 0.6 is 11.3 Å². The Hall–Kier alpha value is -1.28. The second kappa shape index (κ2) is 6.05. The molecule has 1 unspecified atom stereocenters. The molecule has 1 aromatic heterocycles. The number of hydrogen-bond donors (Lipinski definition) is 3. The van der Waals surface area contributed by atoms with E-state index in [0.717, 1.165) is 4.88 Å². The van der Waals surface area contributed by atoms with Crippen molar-refractivity contribution in [1.29, 1.82) is 0 Å². The maximum Gasteiger partial charge on any atom is 0.400 e. The molecule has 8 heteroatoms. The number of alkyl halides is 3. The molecule has 18 heavy (non-hydrogen) atoms. The minimum atomic E-state index is -4.54. The fraction of sp³-hybridized carbons (Fsp3) is 0.500. The van der Waals surface area contributed by atoms with E-state index in [2.05, 4.69) is 10.5 Å². The van der Waals surface area contributed by atoms with Gasteiger partial charge in [-0.2, -0.15) is 13.2 Å². The maximum absolute atomic E-state index is 12.6. The molecular weight excluding hydrogens is 267 g/mol. The zero-order chi connectivity index (χ0) is 13.8. The maximum atomic E-state index is 12.6. The van der Waals surface area contributed by atoms with Crippen molar-refractivity contribution in [3.05, 3.63) is 22.4 Å². The van der Waals surface area contributed by atoms with E-state index in [1.165, 1.54) is 11.3 Å². The summed E-state index contributed by atoms with van der Waals surface area (Å²) in [5.74, 6) is -2.83. The van der Waals surface area contributed by atoms with E-state index in [0.29, 0.717) is 0 Å². The van der Waals surface area contributed by atoms with Gasteiger partial charge in [0.2, 0.25) is 0 Å². The van der Waals surface area contributed by atoms with Gasteiger partial charge in [-0.25, -0.2) is 0 Å². The molecule has 0 saturated carbocycles. The summed E-state index contributed by atoms with van der Waals surface area (Å²) in [6, 6.07) is 3.43. The van der Waals surface area contributed by atoms with Crippen molar-refractivity contribution >= 4 is 17.2 Å². The Balaban J connectivity index is 2.63. The lowest BCUT2D eigenvalue weighted by molar-refractivity contribution is -0.155. The number of halogens is 3. The zero-order valence-electron chi connectivity index (χ0n) is 9.61. The summed E-state index contributed by atoms with van der Waals surface area (Å²) < 4.78 is 37.9. The highest BCUT2D eigenvalue weighted by Crippen LogP contribution is 2.27. The van der Waals surface area contributed by atoms with Gasteiger partial charge >= 0.3 is 6.18 Å². The van der Waals surface area contributed by atoms with Crippen molar-refractivity contribution in [2.75, 3.05) is 6.54 Å². The largest absolute Gasteiger partial charge is 0.409 e. The van der Waals surface area contributed by atoms with Gasteiger partial charge < -0.3 is 16.3 Å². The van der Waals surface area contributed by atoms with Crippen LogP contribution < -0.4 is 11.1 Å². The van der Waals surface area contributed by atoms with Crippen LogP contribution in [0.5, 0.6) is 0 Å². The number of amidine groups is 1. The third-order valence-electron chi connectivity index (χ3n) is 2.47. The molecule has 0 aliphatic rings. The van der Waals surface area contributed by atoms with Gasteiger partial charge in [-0.05, 0) is 18.4 Å². The Morgan fingerprint density at radius 1 is 1.61 bits per heavy atom. The molecule has 0 bridgehead atoms. The summed E-state index contributed by atoms with van der Waals surface area (Å²) >= 11 is 1.45. The van der Waals surface area contributed by atoms with Crippen LogP contribution in [-0.2, 0) is 0 Å². The van der Waals surface area contributed by atoms with Gasteiger partial charge in [0.15, 0.2) is 5.84 Å². The predicted octanol–water partition coefficient (Wildman–Crippen LogP) is 2.32. The molecule has 0 spiro atoms. The Labute approximate surface area is 106 Å². The third kappa shape index (κ3) is 3.88. The highest BCUT2D eigenvalue weighted by molar-refractivity contribution is 7.10. The van der Waals surface area contributed by atoms with Gasteiger partial charge in [0.1, 0.15) is 5.92 Å². The quantitative estimate of drug-likeness (QED) is 0.336. The second-order valence-corrected chi connectivity index (χ2v) is 4.74. The van der Waals surface area contributed by atoms with Crippen LogP contribution in [0, 0.1) is 5.92 Å². The van der Waals surface area contributed by atoms with Gasteiger partial charge in [-0.3, -0.25) is 0 Å². The van der Waals surface area contributed by atoms with Gasteiger partial charge in [-0.1, -0.05) is 11.2 Å². The Morgan fingerprint density at radius 2 is 2.28 bits per heavy atom. The summed E-state index contributed by atoms with van der Waals surface area (Å²) in [7, 11) is 0. The number of nitrogens with one attached hydrogen (secondary N) is 1. The summed E-state index contributed by atoms with van der Waals surface area (Å²) in [6.45, 7) is 1.32. The summed E-state index contributed by atoms with van der Waals surface area (Å²) in [6.07, 6.45) is -4.54. The summed E-state index contributed by atoms with van der Waals surface area (Å²) in [5.41, 5.74) is 5.05. The zero-order valence-corrected chi connectivity index (χ0v) is 10.4. The minimum absolute atomic E-state index is 0.221. The fourth-order valence-corrected chi connectivity index (χ4v) is 2.15. The normalized spacial score (nSPS) is 16.6. The van der Waals surface area contributed by atoms with Gasteiger partial charge in [-0.15, -0.1) is 11.3 Å². The van der Waals surface area contributed by atoms with Gasteiger partial charge in [0.25, 0.3) is 0 Å². The van der Waals surface area contributed by atoms with Crippen LogP contribution in [0.15, 0.2) is 22.7 Å². The molecule has 2 atom stereocenters. The van der Waals surface area contributed by atoms with Crippen molar-refractivity contribution in [2.45, 2.75) is 19.1 Å². The smallest absolute Gasteiger partial charge is 0.400 e. The van der Waals surface area contributed by atoms with Crippen molar-refractivity contribution in [3.63, 3.8) is 0 Å². The molecule has 0 aromatic carbocycles. The summed E-state index contributed by atoms with van der Waals surface area (Å²) in [4.78, 5) is 0.926. The van der Waals surface area contributed by atoms with Crippen LogP contribution in [0.4, 0.5) is 13.2 Å². The van der Waals surface area contributed by atoms with Crippen molar-refractivity contribution in [2.24, 2.45) is 16.8 Å². The number of nitrogens with two attached hydrogens (primary N) is 1. The first kappa shape index (κ1) is 14.8. The molecule has 0 radical (unpaired) electrons. The van der Waals surface area contributed by atoms with E-state index in [9.17, 15) is 13.2 Å². The first-order chi connectivity index (χ1) is 8.36. The van der Waals surface area contributed by atoms with E-state index in [1.54, 1.807) is 6.92 Å². The van der Waals surface area contributed by atoms with Crippen molar-refractivity contribution in [1.82, 2.24) is 5.32 Å². The van der Waals surface area contributed by atoms with Crippen LogP contribution in [-0.4, -0.2) is 23.8 Å². The average molecular weight is 281 g/mol. The van der Waals surface area contributed by atoms with E-state index in [-0.39, 0.29) is 6.04 Å². The molecule has 1 aromatic rings. The number of rotatable bonds is 5. The lowest BCUT2D eigenvalue weighted by Gasteiger charge is -2.21. The SMILES string of the molecule is C[C@@H](NCC(/C(N)=N/O)C(F)(F)F)c1cccs1. The molecular formula is C10H14F3N3OS. The van der Waals surface area contributed by atoms with Crippen molar-refractivity contribution < 1.29 is 18.4 Å². The molecule has 0 aliphatic carbocycles. The molecule has 0 amide bonds. The number of oxime groups is 1. The van der Waals surface area contributed by atoms with E-state index < -0.39 is 24.5 Å². The monoisotopic (exact) mass is 281 g/mol. The van der Waals surface area contributed by atoms with E-state index >= 15 is 0 Å². The lowest BCUT2D eigenvalue weighted by atomic mass is 10.1. The number of thiophene rings is 1. The molecule has 102 valence electrons. The molecule has 0 fully saturated rings. The van der Waals surface area contributed by atoms with Crippen LogP contribution in [0.1, 0.15) is 17.8 Å². The van der Waals surface area contributed by atoms with Crippen molar-refractivity contribution in [3.8, 4) is 0 Å².